The highest BCUT2D eigenvalue weighted by Gasteiger charge is 2.08. The average Bonchev–Trinajstić information content (AvgIpc) is 2.03. The Labute approximate surface area is 71.5 Å². The van der Waals surface area contributed by atoms with Crippen LogP contribution in [0.5, 0.6) is 11.5 Å². The second-order valence-corrected chi connectivity index (χ2v) is 2.76. The lowest BCUT2D eigenvalue weighted by atomic mass is 10.0. The summed E-state index contributed by atoms with van der Waals surface area (Å²) in [5.41, 5.74) is 6.38. The van der Waals surface area contributed by atoms with Crippen molar-refractivity contribution >= 4 is 0 Å². The first-order chi connectivity index (χ1) is 5.65. The SMILES string of the molecule is CC[C@@H](N)c1ccc(O)cc1O. The van der Waals surface area contributed by atoms with Crippen LogP contribution in [-0.4, -0.2) is 10.2 Å². The molecule has 0 aromatic heterocycles. The van der Waals surface area contributed by atoms with E-state index in [2.05, 4.69) is 0 Å². The van der Waals surface area contributed by atoms with Crippen molar-refractivity contribution in [2.24, 2.45) is 5.73 Å². The molecular weight excluding hydrogens is 154 g/mol. The summed E-state index contributed by atoms with van der Waals surface area (Å²) in [5.74, 6) is 0.115. The van der Waals surface area contributed by atoms with Gasteiger partial charge < -0.3 is 15.9 Å². The van der Waals surface area contributed by atoms with Crippen molar-refractivity contribution in [3.05, 3.63) is 23.8 Å². The van der Waals surface area contributed by atoms with Gasteiger partial charge in [-0.05, 0) is 12.5 Å². The van der Waals surface area contributed by atoms with Crippen LogP contribution in [0.25, 0.3) is 0 Å². The predicted molar refractivity (Wildman–Crippen MR) is 47.0 cm³/mol. The van der Waals surface area contributed by atoms with Crippen molar-refractivity contribution in [3.8, 4) is 11.5 Å². The first-order valence-corrected chi connectivity index (χ1v) is 3.92. The second-order valence-electron chi connectivity index (χ2n) is 2.76. The Morgan fingerprint density at radius 1 is 1.42 bits per heavy atom. The van der Waals surface area contributed by atoms with Gasteiger partial charge in [-0.3, -0.25) is 0 Å². The molecule has 0 aliphatic rings. The molecule has 12 heavy (non-hydrogen) atoms. The van der Waals surface area contributed by atoms with Gasteiger partial charge in [-0.2, -0.15) is 0 Å². The van der Waals surface area contributed by atoms with Crippen molar-refractivity contribution in [3.63, 3.8) is 0 Å². The van der Waals surface area contributed by atoms with E-state index in [9.17, 15) is 5.11 Å². The van der Waals surface area contributed by atoms with E-state index in [1.165, 1.54) is 12.1 Å². The van der Waals surface area contributed by atoms with Crippen molar-refractivity contribution in [2.75, 3.05) is 0 Å². The number of aromatic hydroxyl groups is 2. The number of hydrogen-bond donors (Lipinski definition) is 3. The van der Waals surface area contributed by atoms with Crippen LogP contribution in [0.1, 0.15) is 24.9 Å². The van der Waals surface area contributed by atoms with Gasteiger partial charge in [0.05, 0.1) is 0 Å². The summed E-state index contributed by atoms with van der Waals surface area (Å²) in [5, 5.41) is 18.3. The summed E-state index contributed by atoms with van der Waals surface area (Å²) in [6, 6.07) is 4.29. The van der Waals surface area contributed by atoms with Crippen molar-refractivity contribution in [1.29, 1.82) is 0 Å². The summed E-state index contributed by atoms with van der Waals surface area (Å²) in [4.78, 5) is 0. The number of rotatable bonds is 2. The number of benzene rings is 1. The second kappa shape index (κ2) is 3.45. The first kappa shape index (κ1) is 8.87. The van der Waals surface area contributed by atoms with Gasteiger partial charge in [-0.25, -0.2) is 0 Å². The van der Waals surface area contributed by atoms with Crippen molar-refractivity contribution in [1.82, 2.24) is 0 Å². The summed E-state index contributed by atoms with van der Waals surface area (Å²) < 4.78 is 0. The summed E-state index contributed by atoms with van der Waals surface area (Å²) in [6.07, 6.45) is 0.762. The number of phenolic OH excluding ortho intramolecular Hbond substituents is 2. The Bertz CT molecular complexity index is 273. The summed E-state index contributed by atoms with van der Waals surface area (Å²) in [7, 11) is 0. The van der Waals surface area contributed by atoms with Crippen LogP contribution in [0.2, 0.25) is 0 Å². The van der Waals surface area contributed by atoms with Gasteiger partial charge in [-0.1, -0.05) is 13.0 Å². The van der Waals surface area contributed by atoms with E-state index in [1.807, 2.05) is 6.92 Å². The highest BCUT2D eigenvalue weighted by Crippen LogP contribution is 2.27. The fourth-order valence-corrected chi connectivity index (χ4v) is 1.07. The Morgan fingerprint density at radius 2 is 2.08 bits per heavy atom. The molecule has 1 aromatic rings. The molecule has 0 heterocycles. The topological polar surface area (TPSA) is 66.5 Å². The maximum Gasteiger partial charge on any atom is 0.124 e. The van der Waals surface area contributed by atoms with Crippen molar-refractivity contribution in [2.45, 2.75) is 19.4 Å². The third-order valence-corrected chi connectivity index (χ3v) is 1.85. The minimum absolute atomic E-state index is 0.0551. The average molecular weight is 167 g/mol. The van der Waals surface area contributed by atoms with Gasteiger partial charge in [0.15, 0.2) is 0 Å². The molecule has 0 amide bonds. The third-order valence-electron chi connectivity index (χ3n) is 1.85. The van der Waals surface area contributed by atoms with Crippen LogP contribution < -0.4 is 5.73 Å². The largest absolute Gasteiger partial charge is 0.508 e. The minimum Gasteiger partial charge on any atom is -0.508 e. The molecule has 4 N–H and O–H groups in total. The maximum absolute atomic E-state index is 9.35. The molecule has 0 aliphatic carbocycles. The fourth-order valence-electron chi connectivity index (χ4n) is 1.07. The summed E-state index contributed by atoms with van der Waals surface area (Å²) >= 11 is 0. The highest BCUT2D eigenvalue weighted by molar-refractivity contribution is 5.40. The molecular formula is C9H13NO2. The summed E-state index contributed by atoms with van der Waals surface area (Å²) in [6.45, 7) is 1.94. The van der Waals surface area contributed by atoms with Crippen LogP contribution in [0.3, 0.4) is 0 Å². The van der Waals surface area contributed by atoms with Crippen LogP contribution in [-0.2, 0) is 0 Å². The van der Waals surface area contributed by atoms with Gasteiger partial charge >= 0.3 is 0 Å². The lowest BCUT2D eigenvalue weighted by Gasteiger charge is -2.10. The Balaban J connectivity index is 3.01. The van der Waals surface area contributed by atoms with E-state index in [4.69, 9.17) is 10.8 Å². The molecule has 66 valence electrons. The van der Waals surface area contributed by atoms with Gasteiger partial charge in [0.25, 0.3) is 0 Å². The zero-order valence-corrected chi connectivity index (χ0v) is 6.99. The van der Waals surface area contributed by atoms with Gasteiger partial charge in [0.1, 0.15) is 11.5 Å². The van der Waals surface area contributed by atoms with E-state index in [1.54, 1.807) is 6.07 Å². The molecule has 0 aliphatic heterocycles. The molecule has 0 unspecified atom stereocenters. The van der Waals surface area contributed by atoms with Gasteiger partial charge in [-0.15, -0.1) is 0 Å². The Morgan fingerprint density at radius 3 is 2.58 bits per heavy atom. The molecule has 1 rings (SSSR count). The highest BCUT2D eigenvalue weighted by atomic mass is 16.3. The van der Waals surface area contributed by atoms with Crippen LogP contribution in [0, 0.1) is 0 Å². The molecule has 0 fully saturated rings. The standard InChI is InChI=1S/C9H13NO2/c1-2-8(10)7-4-3-6(11)5-9(7)12/h3-5,8,11-12H,2,10H2,1H3/t8-/m1/s1. The molecule has 3 nitrogen and oxygen atoms in total. The Hall–Kier alpha value is -1.22. The smallest absolute Gasteiger partial charge is 0.124 e. The zero-order valence-electron chi connectivity index (χ0n) is 6.99. The van der Waals surface area contributed by atoms with Crippen LogP contribution in [0.4, 0.5) is 0 Å². The van der Waals surface area contributed by atoms with E-state index in [-0.39, 0.29) is 17.5 Å². The van der Waals surface area contributed by atoms with Crippen LogP contribution in [0.15, 0.2) is 18.2 Å². The first-order valence-electron chi connectivity index (χ1n) is 3.92. The molecule has 0 spiro atoms. The van der Waals surface area contributed by atoms with Gasteiger partial charge in [0, 0.05) is 17.7 Å². The Kier molecular flexibility index (Phi) is 2.55. The number of nitrogens with two attached hydrogens (primary N) is 1. The number of hydrogen-bond acceptors (Lipinski definition) is 3. The minimum atomic E-state index is -0.161. The molecule has 1 atom stereocenters. The van der Waals surface area contributed by atoms with Crippen molar-refractivity contribution < 1.29 is 10.2 Å². The lowest BCUT2D eigenvalue weighted by molar-refractivity contribution is 0.441. The predicted octanol–water partition coefficient (Wildman–Crippen LogP) is 1.51. The third kappa shape index (κ3) is 1.68. The number of phenols is 2. The van der Waals surface area contributed by atoms with E-state index in [0.717, 1.165) is 6.42 Å². The van der Waals surface area contributed by atoms with E-state index >= 15 is 0 Å². The van der Waals surface area contributed by atoms with Gasteiger partial charge in [0.2, 0.25) is 0 Å². The fraction of sp³-hybridized carbons (Fsp3) is 0.333. The lowest BCUT2D eigenvalue weighted by Crippen LogP contribution is -2.08. The molecule has 0 saturated carbocycles. The molecule has 3 heteroatoms. The molecule has 0 bridgehead atoms. The quantitative estimate of drug-likeness (QED) is 0.625. The molecule has 1 aromatic carbocycles. The normalized spacial score (nSPS) is 12.8. The molecule has 0 radical (unpaired) electrons. The van der Waals surface area contributed by atoms with E-state index in [0.29, 0.717) is 5.56 Å². The zero-order chi connectivity index (χ0) is 9.14. The monoisotopic (exact) mass is 167 g/mol. The molecule has 0 saturated heterocycles. The van der Waals surface area contributed by atoms with E-state index < -0.39 is 0 Å². The van der Waals surface area contributed by atoms with Crippen LogP contribution >= 0.6 is 0 Å². The maximum atomic E-state index is 9.35.